The molecule has 1 N–H and O–H groups in total. The van der Waals surface area contributed by atoms with Crippen LogP contribution in [0.2, 0.25) is 0 Å². The average Bonchev–Trinajstić information content (AvgIpc) is 3.61. The Bertz CT molecular complexity index is 2270. The third-order valence-corrected chi connectivity index (χ3v) is 9.65. The fourth-order valence-electron chi connectivity index (χ4n) is 6.00. The van der Waals surface area contributed by atoms with Gasteiger partial charge in [0.25, 0.3) is 5.91 Å². The number of carbonyl (C=O) groups is 1. The zero-order chi connectivity index (χ0) is 31.6. The van der Waals surface area contributed by atoms with Gasteiger partial charge in [0.1, 0.15) is 11.3 Å². The number of amides is 1. The van der Waals surface area contributed by atoms with E-state index in [1.54, 1.807) is 26.3 Å². The van der Waals surface area contributed by atoms with Gasteiger partial charge < -0.3 is 19.0 Å². The van der Waals surface area contributed by atoms with E-state index in [2.05, 4.69) is 14.9 Å². The summed E-state index contributed by atoms with van der Waals surface area (Å²) in [6.07, 6.45) is 1.93. The van der Waals surface area contributed by atoms with Crippen molar-refractivity contribution >= 4 is 43.6 Å². The molecule has 0 atom stereocenters. The van der Waals surface area contributed by atoms with Gasteiger partial charge in [-0.05, 0) is 43.2 Å². The molecule has 0 spiro atoms. The minimum Gasteiger partial charge on any atom is -0.481 e. The van der Waals surface area contributed by atoms with Crippen molar-refractivity contribution in [3.63, 3.8) is 0 Å². The number of fused-ring (bicyclic) bond motifs is 6. The molecule has 11 heteroatoms. The van der Waals surface area contributed by atoms with Crippen LogP contribution < -0.4 is 14.4 Å². The lowest BCUT2D eigenvalue weighted by Crippen LogP contribution is -2.25. The summed E-state index contributed by atoms with van der Waals surface area (Å²) < 4.78 is 40.8. The number of rotatable bonds is 6. The Morgan fingerprint density at radius 2 is 1.82 bits per heavy atom. The quantitative estimate of drug-likeness (QED) is 0.249. The summed E-state index contributed by atoms with van der Waals surface area (Å²) >= 11 is 0. The Balaban J connectivity index is 1.48. The molecule has 1 amide bonds. The number of aromatic nitrogens is 3. The van der Waals surface area contributed by atoms with Crippen LogP contribution >= 0.6 is 0 Å². The molecule has 0 unspecified atom stereocenters. The predicted molar refractivity (Wildman–Crippen MR) is 175 cm³/mol. The average molecular weight is 622 g/mol. The molecule has 228 valence electrons. The highest BCUT2D eigenvalue weighted by atomic mass is 32.2. The largest absolute Gasteiger partial charge is 0.481 e. The Morgan fingerprint density at radius 3 is 2.53 bits per heavy atom. The summed E-state index contributed by atoms with van der Waals surface area (Å²) in [5.74, 6) is 0.622. The second-order valence-corrected chi connectivity index (χ2v) is 13.3. The minimum atomic E-state index is -3.67. The van der Waals surface area contributed by atoms with Crippen molar-refractivity contribution in [3.05, 3.63) is 83.4 Å². The molecule has 0 fully saturated rings. The molecule has 2 aromatic carbocycles. The first-order valence-corrected chi connectivity index (χ1v) is 16.3. The molecule has 45 heavy (non-hydrogen) atoms. The Morgan fingerprint density at radius 1 is 1.04 bits per heavy atom. The smallest absolute Gasteiger partial charge is 0.255 e. The van der Waals surface area contributed by atoms with Crippen molar-refractivity contribution in [1.29, 1.82) is 0 Å². The Hall–Kier alpha value is -5.16. The maximum atomic E-state index is 13.3. The van der Waals surface area contributed by atoms with Crippen LogP contribution in [0.4, 0.5) is 5.69 Å². The first kappa shape index (κ1) is 28.6. The molecule has 0 saturated carbocycles. The van der Waals surface area contributed by atoms with E-state index in [1.807, 2.05) is 61.5 Å². The number of pyridine rings is 2. The second-order valence-electron chi connectivity index (χ2n) is 11.2. The van der Waals surface area contributed by atoms with Gasteiger partial charge in [0.05, 0.1) is 52.7 Å². The maximum absolute atomic E-state index is 13.3. The molecule has 5 heterocycles. The fourth-order valence-corrected chi connectivity index (χ4v) is 6.51. The fraction of sp³-hybridized carbons (Fsp3) is 0.206. The van der Waals surface area contributed by atoms with Crippen molar-refractivity contribution in [2.24, 2.45) is 0 Å². The van der Waals surface area contributed by atoms with Crippen LogP contribution in [0.15, 0.2) is 71.1 Å². The van der Waals surface area contributed by atoms with Crippen molar-refractivity contribution in [1.82, 2.24) is 19.9 Å². The molecule has 10 nitrogen and oxygen atoms in total. The van der Waals surface area contributed by atoms with Crippen LogP contribution in [0, 0.1) is 6.92 Å². The standard InChI is InChI=1S/C34H31N5O5S/c1-19-6-8-21(9-7-19)33-31(34(40)35-2)23-16-22(27(18-29(23)44-33)38(3)45(5,41)42)24-11-10-20-14-15-39-26-12-13-30(43-4)36-25(26)17-28(39)32(20)37-24/h6-13,16-18H,14-15H2,1-5H3,(H,35,40). The third-order valence-electron chi connectivity index (χ3n) is 8.45. The molecule has 6 aromatic rings. The second kappa shape index (κ2) is 10.5. The summed E-state index contributed by atoms with van der Waals surface area (Å²) in [5, 5.41) is 3.29. The van der Waals surface area contributed by atoms with Crippen molar-refractivity contribution in [2.75, 3.05) is 31.8 Å². The molecular formula is C34H31N5O5S. The van der Waals surface area contributed by atoms with Crippen molar-refractivity contribution < 1.29 is 22.4 Å². The summed E-state index contributed by atoms with van der Waals surface area (Å²) in [7, 11) is 0.996. The van der Waals surface area contributed by atoms with E-state index in [-0.39, 0.29) is 5.91 Å². The van der Waals surface area contributed by atoms with E-state index in [0.29, 0.717) is 45.1 Å². The van der Waals surface area contributed by atoms with Crippen LogP contribution in [0.3, 0.4) is 0 Å². The number of nitrogens with one attached hydrogen (secondary N) is 1. The molecular weight excluding hydrogens is 590 g/mol. The topological polar surface area (TPSA) is 120 Å². The van der Waals surface area contributed by atoms with Crippen molar-refractivity contribution in [2.45, 2.75) is 19.9 Å². The summed E-state index contributed by atoms with van der Waals surface area (Å²) in [4.78, 5) is 23.1. The Labute approximate surface area is 260 Å². The number of aryl methyl sites for hydroxylation is 3. The number of nitrogens with zero attached hydrogens (tertiary/aromatic N) is 4. The number of sulfonamides is 1. The maximum Gasteiger partial charge on any atom is 0.255 e. The predicted octanol–water partition coefficient (Wildman–Crippen LogP) is 5.81. The zero-order valence-corrected chi connectivity index (χ0v) is 26.3. The van der Waals surface area contributed by atoms with Crippen LogP contribution in [0.5, 0.6) is 5.88 Å². The van der Waals surface area contributed by atoms with Crippen LogP contribution in [-0.2, 0) is 23.0 Å². The van der Waals surface area contributed by atoms with Gasteiger partial charge in [0, 0.05) is 49.3 Å². The number of carbonyl (C=O) groups excluding carboxylic acids is 1. The monoisotopic (exact) mass is 621 g/mol. The molecule has 7 rings (SSSR count). The number of ether oxygens (including phenoxy) is 1. The van der Waals surface area contributed by atoms with Gasteiger partial charge in [-0.25, -0.2) is 18.4 Å². The number of hydrogen-bond acceptors (Lipinski definition) is 7. The number of methoxy groups -OCH3 is 1. The van der Waals surface area contributed by atoms with Gasteiger partial charge in [-0.2, -0.15) is 0 Å². The first-order chi connectivity index (χ1) is 21.6. The van der Waals surface area contributed by atoms with Gasteiger partial charge in [-0.15, -0.1) is 0 Å². The summed E-state index contributed by atoms with van der Waals surface area (Å²) in [5.41, 5.74) is 8.64. The van der Waals surface area contributed by atoms with E-state index in [0.717, 1.165) is 58.3 Å². The molecule has 0 bridgehead atoms. The van der Waals surface area contributed by atoms with Gasteiger partial charge >= 0.3 is 0 Å². The molecule has 0 aliphatic carbocycles. The summed E-state index contributed by atoms with van der Waals surface area (Å²) in [6, 6.07) is 21.0. The van der Waals surface area contributed by atoms with E-state index >= 15 is 0 Å². The van der Waals surface area contributed by atoms with E-state index < -0.39 is 10.0 Å². The molecule has 1 aliphatic rings. The summed E-state index contributed by atoms with van der Waals surface area (Å²) in [6.45, 7) is 2.77. The van der Waals surface area contributed by atoms with E-state index in [9.17, 15) is 13.2 Å². The van der Waals surface area contributed by atoms with E-state index in [1.165, 1.54) is 11.4 Å². The highest BCUT2D eigenvalue weighted by molar-refractivity contribution is 7.92. The zero-order valence-electron chi connectivity index (χ0n) is 25.5. The highest BCUT2D eigenvalue weighted by Gasteiger charge is 2.28. The number of benzene rings is 2. The number of anilines is 1. The normalized spacial score (nSPS) is 12.6. The first-order valence-electron chi connectivity index (χ1n) is 14.5. The number of furan rings is 1. The molecule has 0 radical (unpaired) electrons. The molecule has 4 aromatic heterocycles. The third kappa shape index (κ3) is 4.71. The van der Waals surface area contributed by atoms with Gasteiger partial charge in [-0.3, -0.25) is 9.10 Å². The van der Waals surface area contributed by atoms with Gasteiger partial charge in [0.15, 0.2) is 0 Å². The molecule has 0 saturated heterocycles. The van der Waals surface area contributed by atoms with Crippen LogP contribution in [0.1, 0.15) is 21.5 Å². The van der Waals surface area contributed by atoms with Gasteiger partial charge in [-0.1, -0.05) is 35.9 Å². The Kier molecular flexibility index (Phi) is 6.66. The number of hydrogen-bond donors (Lipinski definition) is 1. The lowest BCUT2D eigenvalue weighted by atomic mass is 9.98. The lowest BCUT2D eigenvalue weighted by molar-refractivity contribution is 0.0964. The van der Waals surface area contributed by atoms with Crippen LogP contribution in [0.25, 0.3) is 56.0 Å². The van der Waals surface area contributed by atoms with Gasteiger partial charge in [0.2, 0.25) is 15.9 Å². The molecule has 1 aliphatic heterocycles. The highest BCUT2D eigenvalue weighted by Crippen LogP contribution is 2.42. The van der Waals surface area contributed by atoms with Crippen LogP contribution in [-0.4, -0.2) is 56.3 Å². The van der Waals surface area contributed by atoms with E-state index in [4.69, 9.17) is 14.1 Å². The minimum absolute atomic E-state index is 0.315. The van der Waals surface area contributed by atoms with Crippen molar-refractivity contribution in [3.8, 4) is 39.8 Å². The SMILES string of the molecule is CNC(=O)c1c(-c2ccc(C)cc2)oc2cc(N(C)S(C)(=O)=O)c(-c3ccc4c(n3)-c3cc5nc(OC)ccc5n3CC4)cc12. The lowest BCUT2D eigenvalue weighted by Gasteiger charge is -2.22.